The first-order valence-corrected chi connectivity index (χ1v) is 14.8. The van der Waals surface area contributed by atoms with Crippen LogP contribution in [0.25, 0.3) is 0 Å². The van der Waals surface area contributed by atoms with E-state index in [1.165, 1.54) is 12.0 Å². The predicted octanol–water partition coefficient (Wildman–Crippen LogP) is 4.97. The Morgan fingerprint density at radius 1 is 1.17 bits per heavy atom. The molecule has 2 unspecified atom stereocenters. The van der Waals surface area contributed by atoms with Gasteiger partial charge in [-0.15, -0.1) is 0 Å². The Kier molecular flexibility index (Phi) is 26.7. The number of aryl methyl sites for hydroxylation is 1. The highest BCUT2D eigenvalue weighted by molar-refractivity contribution is 5.97. The van der Waals surface area contributed by atoms with Gasteiger partial charge < -0.3 is 35.5 Å². The second-order valence-corrected chi connectivity index (χ2v) is 10.0. The molecule has 2 rings (SSSR count). The maximum absolute atomic E-state index is 13.5. The van der Waals surface area contributed by atoms with E-state index < -0.39 is 0 Å². The molecule has 8 heteroatoms. The minimum absolute atomic E-state index is 0.167. The lowest BCUT2D eigenvalue weighted by Gasteiger charge is -2.26. The summed E-state index contributed by atoms with van der Waals surface area (Å²) < 4.78 is 5.30. The molecule has 0 spiro atoms. The molecule has 1 aliphatic rings. The summed E-state index contributed by atoms with van der Waals surface area (Å²) in [5.41, 5.74) is 11.1. The minimum Gasteiger partial charge on any atom is -0.400 e. The molecule has 42 heavy (non-hydrogen) atoms. The minimum atomic E-state index is -0.336. The molecular formula is C34H62N4O4. The molecular weight excluding hydrogens is 528 g/mol. The summed E-state index contributed by atoms with van der Waals surface area (Å²) in [7, 11) is 8.59. The number of allylic oxidation sites excluding steroid dienone is 2. The van der Waals surface area contributed by atoms with E-state index in [-0.39, 0.29) is 18.0 Å². The van der Waals surface area contributed by atoms with Gasteiger partial charge in [0.25, 0.3) is 5.91 Å². The summed E-state index contributed by atoms with van der Waals surface area (Å²) in [5.74, 6) is 1.31. The van der Waals surface area contributed by atoms with Crippen LogP contribution in [0.3, 0.4) is 0 Å². The molecule has 4 atom stereocenters. The number of carbonyl (C=O) groups is 2. The number of nitrogens with one attached hydrogen (secondary N) is 1. The van der Waals surface area contributed by atoms with Crippen LogP contribution in [-0.2, 0) is 20.7 Å². The normalized spacial score (nSPS) is 16.6. The van der Waals surface area contributed by atoms with Crippen LogP contribution in [0.5, 0.6) is 0 Å². The molecule has 1 aromatic rings. The van der Waals surface area contributed by atoms with Crippen molar-refractivity contribution in [1.29, 1.82) is 0 Å². The number of benzene rings is 1. The second-order valence-electron chi connectivity index (χ2n) is 10.0. The first kappa shape index (κ1) is 43.5. The smallest absolute Gasteiger partial charge is 0.251 e. The molecule has 8 nitrogen and oxygen atoms in total. The van der Waals surface area contributed by atoms with Gasteiger partial charge in [0.2, 0.25) is 0 Å². The van der Waals surface area contributed by atoms with Gasteiger partial charge in [0.15, 0.2) is 0 Å². The van der Waals surface area contributed by atoms with Gasteiger partial charge in [-0.05, 0) is 56.2 Å². The molecule has 0 radical (unpaired) electrons. The number of aliphatic hydroxyl groups excluding tert-OH is 1. The molecule has 0 saturated heterocycles. The van der Waals surface area contributed by atoms with E-state index in [4.69, 9.17) is 20.4 Å². The Bertz CT molecular complexity index is 930. The average Bonchev–Trinajstić information content (AvgIpc) is 3.69. The maximum atomic E-state index is 13.5. The number of hydrogen-bond acceptors (Lipinski definition) is 7. The van der Waals surface area contributed by atoms with Crippen molar-refractivity contribution in [2.45, 2.75) is 73.4 Å². The third-order valence-electron chi connectivity index (χ3n) is 6.66. The van der Waals surface area contributed by atoms with E-state index in [1.54, 1.807) is 7.11 Å². The van der Waals surface area contributed by atoms with Gasteiger partial charge in [-0.2, -0.15) is 0 Å². The lowest BCUT2D eigenvalue weighted by molar-refractivity contribution is -0.118. The number of carbonyl (C=O) groups excluding carboxylic acids is 2. The Balaban J connectivity index is -0.00000175. The molecule has 0 bridgehead atoms. The number of hydrogen-bond donors (Lipinski definition) is 3. The summed E-state index contributed by atoms with van der Waals surface area (Å²) >= 11 is 0. The number of amides is 1. The summed E-state index contributed by atoms with van der Waals surface area (Å²) in [6, 6.07) is 7.67. The SMILES string of the molecule is C=C(/C=C(\C=C(/C)N(C)C)C(=O)N[C@@H](Cc1cccc(C)c1)C(N)COC)N(C)CC1C[C@@H]1C.C=O.CC.CC.CO. The van der Waals surface area contributed by atoms with E-state index in [1.807, 2.05) is 85.7 Å². The van der Waals surface area contributed by atoms with Crippen molar-refractivity contribution < 1.29 is 19.4 Å². The highest BCUT2D eigenvalue weighted by Crippen LogP contribution is 2.38. The van der Waals surface area contributed by atoms with Crippen LogP contribution in [0.15, 0.2) is 60.0 Å². The lowest BCUT2D eigenvalue weighted by Crippen LogP contribution is -2.51. The fourth-order valence-electron chi connectivity index (χ4n) is 3.90. The quantitative estimate of drug-likeness (QED) is 0.220. The first-order chi connectivity index (χ1) is 20.0. The van der Waals surface area contributed by atoms with Crippen molar-refractivity contribution in [3.05, 3.63) is 71.1 Å². The van der Waals surface area contributed by atoms with Gasteiger partial charge in [0.1, 0.15) is 6.79 Å². The molecule has 1 saturated carbocycles. The molecule has 1 aromatic carbocycles. The van der Waals surface area contributed by atoms with Crippen molar-refractivity contribution in [3.8, 4) is 0 Å². The summed E-state index contributed by atoms with van der Waals surface area (Å²) in [6.45, 7) is 21.9. The highest BCUT2D eigenvalue weighted by Gasteiger charge is 2.33. The van der Waals surface area contributed by atoms with Crippen LogP contribution >= 0.6 is 0 Å². The fourth-order valence-corrected chi connectivity index (χ4v) is 3.90. The van der Waals surface area contributed by atoms with Crippen LogP contribution in [-0.4, -0.2) is 88.2 Å². The van der Waals surface area contributed by atoms with Crippen LogP contribution < -0.4 is 11.1 Å². The summed E-state index contributed by atoms with van der Waals surface area (Å²) in [4.78, 5) is 25.7. The lowest BCUT2D eigenvalue weighted by atomic mass is 9.98. The van der Waals surface area contributed by atoms with E-state index >= 15 is 0 Å². The van der Waals surface area contributed by atoms with Gasteiger partial charge in [0.05, 0.1) is 12.6 Å². The Labute approximate surface area is 257 Å². The van der Waals surface area contributed by atoms with E-state index in [2.05, 4.69) is 48.8 Å². The van der Waals surface area contributed by atoms with Gasteiger partial charge in [-0.25, -0.2) is 0 Å². The van der Waals surface area contributed by atoms with E-state index in [0.29, 0.717) is 24.5 Å². The van der Waals surface area contributed by atoms with Gasteiger partial charge in [-0.1, -0.05) is 71.0 Å². The van der Waals surface area contributed by atoms with Crippen LogP contribution in [0.4, 0.5) is 0 Å². The largest absolute Gasteiger partial charge is 0.400 e. The Morgan fingerprint density at radius 2 is 1.71 bits per heavy atom. The molecule has 1 fully saturated rings. The fraction of sp³-hybridized carbons (Fsp3) is 0.588. The van der Waals surface area contributed by atoms with E-state index in [9.17, 15) is 4.79 Å². The number of rotatable bonds is 13. The van der Waals surface area contributed by atoms with Gasteiger partial charge in [-0.3, -0.25) is 4.79 Å². The zero-order valence-electron chi connectivity index (χ0n) is 28.7. The molecule has 0 aromatic heterocycles. The molecule has 1 aliphatic carbocycles. The predicted molar refractivity (Wildman–Crippen MR) is 179 cm³/mol. The number of nitrogens with zero attached hydrogens (tertiary/aromatic N) is 2. The van der Waals surface area contributed by atoms with Crippen molar-refractivity contribution in [3.63, 3.8) is 0 Å². The van der Waals surface area contributed by atoms with Gasteiger partial charge in [0, 0.05) is 64.9 Å². The third kappa shape index (κ3) is 17.8. The summed E-state index contributed by atoms with van der Waals surface area (Å²) in [5, 5.41) is 10.2. The monoisotopic (exact) mass is 590 g/mol. The maximum Gasteiger partial charge on any atom is 0.251 e. The van der Waals surface area contributed by atoms with Crippen molar-refractivity contribution in [1.82, 2.24) is 15.1 Å². The third-order valence-corrected chi connectivity index (χ3v) is 6.66. The molecule has 0 aliphatic heterocycles. The topological polar surface area (TPSA) is 108 Å². The summed E-state index contributed by atoms with van der Waals surface area (Å²) in [6.07, 6.45) is 5.66. The number of ether oxygens (including phenoxy) is 1. The Hall–Kier alpha value is -2.94. The zero-order chi connectivity index (χ0) is 33.4. The number of methoxy groups -OCH3 is 1. The van der Waals surface area contributed by atoms with Gasteiger partial charge >= 0.3 is 0 Å². The van der Waals surface area contributed by atoms with Crippen LogP contribution in [0.2, 0.25) is 0 Å². The molecule has 242 valence electrons. The van der Waals surface area contributed by atoms with E-state index in [0.717, 1.165) is 36.5 Å². The van der Waals surface area contributed by atoms with Crippen molar-refractivity contribution in [2.75, 3.05) is 48.5 Å². The number of nitrogens with two attached hydrogens (primary N) is 1. The zero-order valence-corrected chi connectivity index (χ0v) is 28.7. The number of aliphatic hydroxyl groups is 1. The standard InChI is InChI=1S/C28H44N4O2.2C2H6.CH4O.CH2O/c1-19-10-9-11-23(12-19)16-27(26(29)18-34-8)30-28(33)24(14-21(3)31(5)6)15-22(4)32(7)17-25-13-20(25)2;4*1-2/h9-12,14-15,20,25-27H,4,13,16-18,29H2,1-3,5-8H3,(H,30,33);2*1-2H3;2H,1H3;1H2/b21-14+,24-15+;;;;/t20-,25?,26?,27-;;;;/m0..../s1. The van der Waals surface area contributed by atoms with Crippen molar-refractivity contribution >= 4 is 12.7 Å². The second kappa shape index (κ2) is 25.7. The average molecular weight is 591 g/mol. The first-order valence-electron chi connectivity index (χ1n) is 14.8. The molecule has 0 heterocycles. The molecule has 4 N–H and O–H groups in total. The molecule has 1 amide bonds. The highest BCUT2D eigenvalue weighted by atomic mass is 16.5. The Morgan fingerprint density at radius 3 is 2.17 bits per heavy atom. The van der Waals surface area contributed by atoms with Crippen LogP contribution in [0, 0.1) is 18.8 Å². The number of likely N-dealkylation sites (N-methyl/N-ethyl adjacent to an activating group) is 1. The van der Waals surface area contributed by atoms with Crippen molar-refractivity contribution in [2.24, 2.45) is 17.6 Å². The van der Waals surface area contributed by atoms with Crippen LogP contribution in [0.1, 0.15) is 59.1 Å².